The zero-order valence-electron chi connectivity index (χ0n) is 36.0. The van der Waals surface area contributed by atoms with E-state index < -0.39 is 60.4 Å². The van der Waals surface area contributed by atoms with Crippen molar-refractivity contribution in [3.63, 3.8) is 0 Å². The van der Waals surface area contributed by atoms with Gasteiger partial charge in [-0.05, 0) is 59.2 Å². The van der Waals surface area contributed by atoms with Gasteiger partial charge in [-0.15, -0.1) is 22.7 Å². The van der Waals surface area contributed by atoms with Gasteiger partial charge in [-0.25, -0.2) is 15.0 Å². The maximum Gasteiger partial charge on any atom is 0.164 e. The van der Waals surface area contributed by atoms with Crippen LogP contribution in [0.3, 0.4) is 0 Å². The molecular weight excluding hydrogens is 647 g/mol. The van der Waals surface area contributed by atoms with Crippen molar-refractivity contribution in [2.45, 2.75) is 0 Å². The topological polar surface area (TPSA) is 38.7 Å². The van der Waals surface area contributed by atoms with Crippen LogP contribution in [0.25, 0.3) is 96.8 Å². The van der Waals surface area contributed by atoms with E-state index in [9.17, 15) is 0 Å². The van der Waals surface area contributed by atoms with Crippen molar-refractivity contribution >= 4 is 63.0 Å². The Hall–Kier alpha value is -6.01. The van der Waals surface area contributed by atoms with E-state index in [0.717, 1.165) is 36.7 Å². The number of benzene rings is 7. The smallest absolute Gasteiger partial charge is 0.164 e. The summed E-state index contributed by atoms with van der Waals surface area (Å²) in [7, 11) is 0. The summed E-state index contributed by atoms with van der Waals surface area (Å²) in [5, 5.41) is 3.63. The molecule has 10 rings (SSSR count). The molecule has 10 aromatic rings. The molecule has 0 radical (unpaired) electrons. The van der Waals surface area contributed by atoms with Gasteiger partial charge in [0.25, 0.3) is 0 Å². The second-order valence-electron chi connectivity index (χ2n) is 11.7. The lowest BCUT2D eigenvalue weighted by atomic mass is 9.96. The molecule has 0 aliphatic heterocycles. The van der Waals surface area contributed by atoms with Gasteiger partial charge >= 0.3 is 0 Å². The average molecular weight is 684 g/mol. The molecule has 0 unspecified atom stereocenters. The monoisotopic (exact) mass is 683 g/mol. The quantitative estimate of drug-likeness (QED) is 0.181. The van der Waals surface area contributed by atoms with Crippen LogP contribution in [-0.4, -0.2) is 15.0 Å². The summed E-state index contributed by atoms with van der Waals surface area (Å²) in [6.45, 7) is 0. The third-order valence-electron chi connectivity index (χ3n) is 8.69. The molecule has 3 heterocycles. The average Bonchev–Trinajstić information content (AvgIpc) is 3.84. The van der Waals surface area contributed by atoms with Crippen molar-refractivity contribution in [1.82, 2.24) is 15.0 Å². The van der Waals surface area contributed by atoms with Crippen LogP contribution < -0.4 is 0 Å². The second-order valence-corrected chi connectivity index (χ2v) is 13.8. The fourth-order valence-electron chi connectivity index (χ4n) is 6.34. The van der Waals surface area contributed by atoms with E-state index >= 15 is 0 Å². The Morgan fingerprint density at radius 1 is 0.380 bits per heavy atom. The highest BCUT2D eigenvalue weighted by Gasteiger charge is 2.17. The molecule has 0 spiro atoms. The molecule has 0 saturated heterocycles. The van der Waals surface area contributed by atoms with Gasteiger partial charge in [0, 0.05) is 62.6 Å². The molecule has 0 bridgehead atoms. The minimum atomic E-state index is -0.539. The van der Waals surface area contributed by atoms with Crippen molar-refractivity contribution < 1.29 is 13.7 Å². The number of thiophene rings is 2. The zero-order chi connectivity index (χ0) is 41.7. The van der Waals surface area contributed by atoms with Gasteiger partial charge in [-0.2, -0.15) is 0 Å². The summed E-state index contributed by atoms with van der Waals surface area (Å²) < 4.78 is 89.1. The maximum atomic E-state index is 8.89. The molecule has 0 fully saturated rings. The minimum Gasteiger partial charge on any atom is -0.208 e. The van der Waals surface area contributed by atoms with Gasteiger partial charge < -0.3 is 0 Å². The van der Waals surface area contributed by atoms with E-state index in [4.69, 9.17) is 28.7 Å². The van der Waals surface area contributed by atoms with Crippen LogP contribution in [0.4, 0.5) is 0 Å². The molecule has 0 aliphatic rings. The molecule has 0 N–H and O–H groups in total. The largest absolute Gasteiger partial charge is 0.208 e. The van der Waals surface area contributed by atoms with Gasteiger partial charge in [0.15, 0.2) is 17.5 Å². The van der Waals surface area contributed by atoms with E-state index in [1.165, 1.54) is 16.0 Å². The number of nitrogens with zero attached hydrogens (tertiary/aromatic N) is 3. The normalized spacial score (nSPS) is 14.4. The van der Waals surface area contributed by atoms with Crippen molar-refractivity contribution in [2.24, 2.45) is 0 Å². The van der Waals surface area contributed by atoms with Crippen LogP contribution in [0, 0.1) is 0 Å². The third kappa shape index (κ3) is 4.98. The molecule has 3 aromatic heterocycles. The van der Waals surface area contributed by atoms with Gasteiger partial charge in [-0.3, -0.25) is 0 Å². The summed E-state index contributed by atoms with van der Waals surface area (Å²) in [6.07, 6.45) is 0. The Bertz CT molecular complexity index is 3400. The first-order valence-corrected chi connectivity index (χ1v) is 17.4. The Morgan fingerprint density at radius 3 is 1.76 bits per heavy atom. The van der Waals surface area contributed by atoms with Crippen LogP contribution in [0.5, 0.6) is 0 Å². The van der Waals surface area contributed by atoms with E-state index in [-0.39, 0.29) is 22.3 Å². The fourth-order valence-corrected chi connectivity index (χ4v) is 8.67. The summed E-state index contributed by atoms with van der Waals surface area (Å²) in [6, 6.07) is 28.4. The second kappa shape index (κ2) is 11.8. The molecule has 3 nitrogen and oxygen atoms in total. The molecule has 234 valence electrons. The highest BCUT2D eigenvalue weighted by molar-refractivity contribution is 7.26. The van der Waals surface area contributed by atoms with Crippen LogP contribution >= 0.6 is 22.7 Å². The molecule has 0 aliphatic carbocycles. The first kappa shape index (κ1) is 20.5. The molecule has 0 atom stereocenters. The van der Waals surface area contributed by atoms with Gasteiger partial charge in [0.05, 0.1) is 13.7 Å². The van der Waals surface area contributed by atoms with Gasteiger partial charge in [-0.1, -0.05) is 121 Å². The van der Waals surface area contributed by atoms with Crippen molar-refractivity contribution in [3.8, 4) is 56.4 Å². The van der Waals surface area contributed by atoms with E-state index in [1.54, 1.807) is 23.5 Å². The highest BCUT2D eigenvalue weighted by atomic mass is 32.1. The van der Waals surface area contributed by atoms with Crippen LogP contribution in [0.2, 0.25) is 0 Å². The Kier molecular flexibility index (Phi) is 4.85. The van der Waals surface area contributed by atoms with Crippen LogP contribution in [0.15, 0.2) is 164 Å². The lowest BCUT2D eigenvalue weighted by Crippen LogP contribution is -2.00. The van der Waals surface area contributed by atoms with Crippen LogP contribution in [0.1, 0.15) is 13.7 Å². The number of hydrogen-bond acceptors (Lipinski definition) is 5. The number of aromatic nitrogens is 3. The molecule has 5 heteroatoms. The number of hydrogen-bond donors (Lipinski definition) is 0. The molecule has 7 aromatic carbocycles. The molecule has 0 saturated carbocycles. The Morgan fingerprint density at radius 2 is 0.980 bits per heavy atom. The van der Waals surface area contributed by atoms with Crippen molar-refractivity contribution in [1.29, 1.82) is 0 Å². The number of fused-ring (bicyclic) bond motifs is 6. The summed E-state index contributed by atoms with van der Waals surface area (Å²) in [5.41, 5.74) is 2.74. The van der Waals surface area contributed by atoms with E-state index in [2.05, 4.69) is 24.3 Å². The summed E-state index contributed by atoms with van der Waals surface area (Å²) >= 11 is 3.08. The molecule has 50 heavy (non-hydrogen) atoms. The first-order chi connectivity index (χ1) is 28.9. The summed E-state index contributed by atoms with van der Waals surface area (Å²) in [4.78, 5) is 14.9. The van der Waals surface area contributed by atoms with E-state index in [1.807, 2.05) is 66.7 Å². The maximum absolute atomic E-state index is 8.89. The molecular formula is C45H27N3S2. The summed E-state index contributed by atoms with van der Waals surface area (Å²) in [5.74, 6) is 1.42. The van der Waals surface area contributed by atoms with Crippen molar-refractivity contribution in [2.75, 3.05) is 0 Å². The molecule has 0 amide bonds. The SMILES string of the molecule is [2H]c1c([2H])c([2H])c(-c2cc(-c3c([2H])c([2H])c([2H])c([2H])c3[2H])c3sc4cc(-c5nc(-c6ccccc6)nc(-c6ccc7sc8ccccc8c7c6)n5)ccc4c3c2)c([2H])c1[2H]. The predicted molar refractivity (Wildman–Crippen MR) is 213 cm³/mol. The zero-order valence-corrected chi connectivity index (χ0v) is 27.6. The lowest BCUT2D eigenvalue weighted by Gasteiger charge is -2.09. The predicted octanol–water partition coefficient (Wildman–Crippen LogP) is 12.9. The van der Waals surface area contributed by atoms with Crippen LogP contribution in [-0.2, 0) is 0 Å². The fraction of sp³-hybridized carbons (Fsp3) is 0. The number of rotatable bonds is 5. The minimum absolute atomic E-state index is 0.0584. The first-order valence-electron chi connectivity index (χ1n) is 20.8. The van der Waals surface area contributed by atoms with Gasteiger partial charge in [0.2, 0.25) is 0 Å². The standard InChI is InChI=1S/C45H27N3S2/c1-4-12-28(13-5-1)33-25-36(29-14-6-2-7-15-29)42-38(26-33)35-22-20-32(27-41(35)50-42)45-47-43(30-16-8-3-9-17-30)46-44(48-45)31-21-23-40-37(24-31)34-18-10-11-19-39(34)49-40/h1-27H/i1D,2D,4D,5D,6D,7D,12D,13D,14D,15D. The highest BCUT2D eigenvalue weighted by Crippen LogP contribution is 2.44. The Labute approximate surface area is 310 Å². The van der Waals surface area contributed by atoms with E-state index in [0.29, 0.717) is 33.1 Å². The Balaban J connectivity index is 1.21. The third-order valence-corrected chi connectivity index (χ3v) is 11.0. The van der Waals surface area contributed by atoms with Crippen molar-refractivity contribution in [3.05, 3.63) is 164 Å². The van der Waals surface area contributed by atoms with Gasteiger partial charge in [0.1, 0.15) is 0 Å². The lowest BCUT2D eigenvalue weighted by molar-refractivity contribution is 1.08.